The molecule has 14 nitrogen and oxygen atoms in total. The Bertz CT molecular complexity index is 956. The SMILES string of the molecule is CCCCCCCC/C=C\CCCCCCCC(=O)NC(COC1OC(CO)C(OC2OC(CO)C(O)C(O)C2O)C(O)C1O)C(O)CCCCCC. The molecule has 53 heavy (non-hydrogen) atoms. The summed E-state index contributed by atoms with van der Waals surface area (Å²) in [6.45, 7) is 2.67. The van der Waals surface area contributed by atoms with Gasteiger partial charge < -0.3 is 65.1 Å². The maximum Gasteiger partial charge on any atom is 0.220 e. The Kier molecular flexibility index (Phi) is 25.5. The quantitative estimate of drug-likeness (QED) is 0.0395. The van der Waals surface area contributed by atoms with E-state index in [1.165, 1.54) is 38.5 Å². The van der Waals surface area contributed by atoms with Crippen LogP contribution < -0.4 is 5.32 Å². The van der Waals surface area contributed by atoms with E-state index in [2.05, 4.69) is 31.3 Å². The Hall–Kier alpha value is -1.27. The molecular weight excluding hydrogens is 690 g/mol. The van der Waals surface area contributed by atoms with E-state index >= 15 is 0 Å². The number of carbonyl (C=O) groups excluding carboxylic acids is 1. The summed E-state index contributed by atoms with van der Waals surface area (Å²) in [6, 6.07) is -0.823. The van der Waals surface area contributed by atoms with Crippen LogP contribution in [0.1, 0.15) is 136 Å². The highest BCUT2D eigenvalue weighted by Crippen LogP contribution is 2.30. The average molecular weight is 764 g/mol. The molecule has 9 N–H and O–H groups in total. The number of allylic oxidation sites excluding steroid dienone is 2. The Morgan fingerprint density at radius 2 is 1.19 bits per heavy atom. The molecule has 2 aliphatic heterocycles. The van der Waals surface area contributed by atoms with Gasteiger partial charge in [-0.2, -0.15) is 0 Å². The standard InChI is InChI=1S/C39H73NO13/c1-3-5-7-9-10-11-12-13-14-15-16-17-18-19-21-23-31(44)40-27(28(43)22-20-8-6-4-2)26-50-38-36(49)34(47)37(30(25-42)52-38)53-39-35(48)33(46)32(45)29(24-41)51-39/h13-14,27-30,32-39,41-43,45-49H,3-12,15-26H2,1-2H3,(H,40,44)/b14-13-. The largest absolute Gasteiger partial charge is 0.394 e. The summed E-state index contributed by atoms with van der Waals surface area (Å²) in [5.74, 6) is -0.227. The van der Waals surface area contributed by atoms with Crippen molar-refractivity contribution in [3.63, 3.8) is 0 Å². The van der Waals surface area contributed by atoms with Crippen LogP contribution in [0.5, 0.6) is 0 Å². The van der Waals surface area contributed by atoms with Gasteiger partial charge in [0.2, 0.25) is 5.91 Å². The Balaban J connectivity index is 1.83. The maximum atomic E-state index is 12.9. The molecule has 1 amide bonds. The Morgan fingerprint density at radius 1 is 0.660 bits per heavy atom. The molecule has 0 aliphatic carbocycles. The third-order valence-corrected chi connectivity index (χ3v) is 10.2. The third-order valence-electron chi connectivity index (χ3n) is 10.2. The van der Waals surface area contributed by atoms with Crippen molar-refractivity contribution in [2.45, 2.75) is 209 Å². The number of hydrogen-bond donors (Lipinski definition) is 9. The fourth-order valence-corrected chi connectivity index (χ4v) is 6.76. The molecule has 0 bridgehead atoms. The van der Waals surface area contributed by atoms with Crippen molar-refractivity contribution in [3.8, 4) is 0 Å². The molecule has 12 atom stereocenters. The van der Waals surface area contributed by atoms with E-state index in [4.69, 9.17) is 18.9 Å². The summed E-state index contributed by atoms with van der Waals surface area (Å²) >= 11 is 0. The summed E-state index contributed by atoms with van der Waals surface area (Å²) in [5, 5.41) is 85.8. The molecule has 0 aromatic rings. The summed E-state index contributed by atoms with van der Waals surface area (Å²) in [7, 11) is 0. The molecule has 2 aliphatic rings. The van der Waals surface area contributed by atoms with Crippen molar-refractivity contribution in [2.24, 2.45) is 0 Å². The van der Waals surface area contributed by atoms with Crippen molar-refractivity contribution in [1.29, 1.82) is 0 Å². The van der Waals surface area contributed by atoms with Crippen LogP contribution >= 0.6 is 0 Å². The Morgan fingerprint density at radius 3 is 1.79 bits per heavy atom. The zero-order valence-corrected chi connectivity index (χ0v) is 32.3. The number of aliphatic hydroxyl groups excluding tert-OH is 8. The van der Waals surface area contributed by atoms with Crippen LogP contribution in [0.3, 0.4) is 0 Å². The average Bonchev–Trinajstić information content (AvgIpc) is 3.15. The molecule has 2 saturated heterocycles. The number of ether oxygens (including phenoxy) is 4. The lowest BCUT2D eigenvalue weighted by Crippen LogP contribution is -2.65. The molecule has 0 radical (unpaired) electrons. The molecule has 14 heteroatoms. The third kappa shape index (κ3) is 17.6. The molecule has 0 saturated carbocycles. The van der Waals surface area contributed by atoms with E-state index in [0.29, 0.717) is 19.3 Å². The normalized spacial score (nSPS) is 30.5. The van der Waals surface area contributed by atoms with E-state index < -0.39 is 86.8 Å². The second kappa shape index (κ2) is 28.2. The minimum atomic E-state index is -1.78. The number of carbonyl (C=O) groups is 1. The van der Waals surface area contributed by atoms with Crippen LogP contribution in [0.15, 0.2) is 12.2 Å². The zero-order chi connectivity index (χ0) is 39.0. The fourth-order valence-electron chi connectivity index (χ4n) is 6.76. The second-order valence-electron chi connectivity index (χ2n) is 14.8. The van der Waals surface area contributed by atoms with E-state index in [-0.39, 0.29) is 12.5 Å². The number of hydrogen-bond acceptors (Lipinski definition) is 13. The highest BCUT2D eigenvalue weighted by atomic mass is 16.7. The molecule has 0 spiro atoms. The minimum absolute atomic E-state index is 0.227. The van der Waals surface area contributed by atoms with Gasteiger partial charge in [-0.3, -0.25) is 4.79 Å². The molecule has 12 unspecified atom stereocenters. The van der Waals surface area contributed by atoms with E-state index in [9.17, 15) is 45.6 Å². The first kappa shape index (κ1) is 47.9. The topological polar surface area (TPSA) is 228 Å². The number of rotatable bonds is 29. The highest BCUT2D eigenvalue weighted by molar-refractivity contribution is 5.76. The van der Waals surface area contributed by atoms with E-state index in [1.807, 2.05) is 0 Å². The van der Waals surface area contributed by atoms with Gasteiger partial charge in [0.25, 0.3) is 0 Å². The van der Waals surface area contributed by atoms with Crippen LogP contribution in [0.4, 0.5) is 0 Å². The summed E-state index contributed by atoms with van der Waals surface area (Å²) in [5.41, 5.74) is 0. The van der Waals surface area contributed by atoms with Gasteiger partial charge in [0, 0.05) is 6.42 Å². The van der Waals surface area contributed by atoms with Gasteiger partial charge >= 0.3 is 0 Å². The van der Waals surface area contributed by atoms with Crippen molar-refractivity contribution in [3.05, 3.63) is 12.2 Å². The van der Waals surface area contributed by atoms with Crippen molar-refractivity contribution < 1.29 is 64.6 Å². The number of aliphatic hydroxyl groups is 8. The van der Waals surface area contributed by atoms with Gasteiger partial charge in [-0.15, -0.1) is 0 Å². The molecular formula is C39H73NO13. The first-order chi connectivity index (χ1) is 25.6. The molecule has 2 fully saturated rings. The number of nitrogens with one attached hydrogen (secondary N) is 1. The molecule has 2 heterocycles. The monoisotopic (exact) mass is 764 g/mol. The van der Waals surface area contributed by atoms with Gasteiger partial charge in [0.1, 0.15) is 48.8 Å². The number of unbranched alkanes of at least 4 members (excludes halogenated alkanes) is 14. The predicted octanol–water partition coefficient (Wildman–Crippen LogP) is 2.48. The smallest absolute Gasteiger partial charge is 0.220 e. The van der Waals surface area contributed by atoms with Crippen molar-refractivity contribution >= 4 is 5.91 Å². The maximum absolute atomic E-state index is 12.9. The predicted molar refractivity (Wildman–Crippen MR) is 199 cm³/mol. The van der Waals surface area contributed by atoms with Crippen molar-refractivity contribution in [1.82, 2.24) is 5.32 Å². The van der Waals surface area contributed by atoms with Crippen LogP contribution in [0.25, 0.3) is 0 Å². The van der Waals surface area contributed by atoms with Gasteiger partial charge in [-0.25, -0.2) is 0 Å². The van der Waals surface area contributed by atoms with Gasteiger partial charge in [-0.1, -0.05) is 103 Å². The first-order valence-electron chi connectivity index (χ1n) is 20.4. The van der Waals surface area contributed by atoms with Gasteiger partial charge in [0.05, 0.1) is 32.0 Å². The second-order valence-corrected chi connectivity index (χ2v) is 14.8. The summed E-state index contributed by atoms with van der Waals surface area (Å²) in [4.78, 5) is 12.9. The zero-order valence-electron chi connectivity index (χ0n) is 32.3. The van der Waals surface area contributed by atoms with Gasteiger partial charge in [-0.05, 0) is 38.5 Å². The number of amides is 1. The fraction of sp³-hybridized carbons (Fsp3) is 0.923. The minimum Gasteiger partial charge on any atom is -0.394 e. The summed E-state index contributed by atoms with van der Waals surface area (Å²) < 4.78 is 22.5. The van der Waals surface area contributed by atoms with Gasteiger partial charge in [0.15, 0.2) is 12.6 Å². The molecule has 312 valence electrons. The molecule has 0 aromatic carbocycles. The van der Waals surface area contributed by atoms with Crippen LogP contribution in [-0.4, -0.2) is 140 Å². The lowest BCUT2D eigenvalue weighted by atomic mass is 9.97. The molecule has 2 rings (SSSR count). The van der Waals surface area contributed by atoms with E-state index in [0.717, 1.165) is 64.2 Å². The van der Waals surface area contributed by atoms with Crippen LogP contribution in [-0.2, 0) is 23.7 Å². The van der Waals surface area contributed by atoms with Crippen LogP contribution in [0.2, 0.25) is 0 Å². The highest BCUT2D eigenvalue weighted by Gasteiger charge is 2.50. The first-order valence-corrected chi connectivity index (χ1v) is 20.4. The summed E-state index contributed by atoms with van der Waals surface area (Å²) in [6.07, 6.45) is 7.36. The van der Waals surface area contributed by atoms with E-state index in [1.54, 1.807) is 0 Å². The van der Waals surface area contributed by atoms with Crippen molar-refractivity contribution in [2.75, 3.05) is 19.8 Å². The molecule has 0 aromatic heterocycles. The Labute approximate surface area is 316 Å². The van der Waals surface area contributed by atoms with Crippen LogP contribution in [0, 0.1) is 0 Å². The lowest BCUT2D eigenvalue weighted by molar-refractivity contribution is -0.359. The lowest BCUT2D eigenvalue weighted by Gasteiger charge is -2.46.